The number of nitrogens with zero attached hydrogens (tertiary/aromatic N) is 2. The van der Waals surface area contributed by atoms with Gasteiger partial charge in [-0.3, -0.25) is 9.59 Å². The van der Waals surface area contributed by atoms with Gasteiger partial charge < -0.3 is 16.4 Å². The highest BCUT2D eigenvalue weighted by Gasteiger charge is 2.18. The van der Waals surface area contributed by atoms with Crippen molar-refractivity contribution in [1.29, 1.82) is 0 Å². The molecule has 1 aromatic carbocycles. The first-order chi connectivity index (χ1) is 11.9. The Balaban J connectivity index is 1.90. The van der Waals surface area contributed by atoms with E-state index in [-0.39, 0.29) is 24.3 Å². The molecule has 25 heavy (non-hydrogen) atoms. The predicted molar refractivity (Wildman–Crippen MR) is 97.2 cm³/mol. The molecule has 0 saturated carbocycles. The van der Waals surface area contributed by atoms with Gasteiger partial charge in [-0.1, -0.05) is 37.6 Å². The second-order valence-electron chi connectivity index (χ2n) is 6.04. The molecule has 0 spiro atoms. The molecule has 1 heterocycles. The van der Waals surface area contributed by atoms with E-state index in [0.29, 0.717) is 17.4 Å². The summed E-state index contributed by atoms with van der Waals surface area (Å²) in [5.74, 6) is -0.145. The number of halogens is 1. The summed E-state index contributed by atoms with van der Waals surface area (Å²) in [5.41, 5.74) is 6.74. The molecule has 4 N–H and O–H groups in total. The molecule has 1 atom stereocenters. The van der Waals surface area contributed by atoms with Gasteiger partial charge in [-0.2, -0.15) is 5.10 Å². The van der Waals surface area contributed by atoms with Gasteiger partial charge in [0.15, 0.2) is 0 Å². The van der Waals surface area contributed by atoms with Gasteiger partial charge in [-0.05, 0) is 23.6 Å². The van der Waals surface area contributed by atoms with E-state index < -0.39 is 6.04 Å². The van der Waals surface area contributed by atoms with Crippen molar-refractivity contribution in [2.24, 2.45) is 11.7 Å². The number of nitrogens with two attached hydrogens (primary N) is 1. The maximum Gasteiger partial charge on any atom is 0.244 e. The second kappa shape index (κ2) is 8.64. The van der Waals surface area contributed by atoms with Crippen LogP contribution < -0.4 is 16.4 Å². The maximum atomic E-state index is 12.0. The van der Waals surface area contributed by atoms with E-state index in [2.05, 4.69) is 15.7 Å². The number of hydrogen-bond acceptors (Lipinski definition) is 4. The van der Waals surface area contributed by atoms with Gasteiger partial charge in [-0.15, -0.1) is 0 Å². The molecule has 0 saturated heterocycles. The lowest BCUT2D eigenvalue weighted by atomic mass is 10.1. The Morgan fingerprint density at radius 3 is 2.56 bits per heavy atom. The van der Waals surface area contributed by atoms with Crippen molar-refractivity contribution in [1.82, 2.24) is 15.1 Å². The number of aromatic nitrogens is 2. The third kappa shape index (κ3) is 5.58. The second-order valence-corrected chi connectivity index (χ2v) is 6.47. The van der Waals surface area contributed by atoms with E-state index in [0.717, 1.165) is 5.56 Å². The Morgan fingerprint density at radius 1 is 1.24 bits per heavy atom. The van der Waals surface area contributed by atoms with Crippen LogP contribution in [0.1, 0.15) is 19.4 Å². The fourth-order valence-corrected chi connectivity index (χ4v) is 2.23. The molecule has 134 valence electrons. The Kier molecular flexibility index (Phi) is 6.55. The lowest BCUT2D eigenvalue weighted by molar-refractivity contribution is -0.125. The zero-order valence-corrected chi connectivity index (χ0v) is 15.0. The van der Waals surface area contributed by atoms with E-state index in [9.17, 15) is 9.59 Å². The highest BCUT2D eigenvalue weighted by Crippen LogP contribution is 2.13. The molecule has 0 unspecified atom stereocenters. The van der Waals surface area contributed by atoms with Gasteiger partial charge in [0.2, 0.25) is 11.8 Å². The monoisotopic (exact) mass is 363 g/mol. The number of rotatable bonds is 7. The van der Waals surface area contributed by atoms with Crippen molar-refractivity contribution in [2.45, 2.75) is 26.4 Å². The quantitative estimate of drug-likeness (QED) is 0.695. The van der Waals surface area contributed by atoms with E-state index >= 15 is 0 Å². The van der Waals surface area contributed by atoms with Crippen LogP contribution in [0.5, 0.6) is 0 Å². The molecule has 0 aliphatic rings. The van der Waals surface area contributed by atoms with Gasteiger partial charge in [0.25, 0.3) is 0 Å². The first-order valence-corrected chi connectivity index (χ1v) is 8.34. The molecule has 1 aromatic heterocycles. The van der Waals surface area contributed by atoms with E-state index in [4.69, 9.17) is 17.3 Å². The number of carbonyl (C=O) groups is 2. The summed E-state index contributed by atoms with van der Waals surface area (Å²) < 4.78 is 1.66. The van der Waals surface area contributed by atoms with Crippen molar-refractivity contribution in [3.8, 4) is 0 Å². The number of nitrogens with one attached hydrogen (secondary N) is 2. The van der Waals surface area contributed by atoms with Crippen molar-refractivity contribution in [3.05, 3.63) is 47.1 Å². The van der Waals surface area contributed by atoms with Crippen LogP contribution in [-0.2, 0) is 16.1 Å². The van der Waals surface area contributed by atoms with Crippen LogP contribution >= 0.6 is 11.6 Å². The van der Waals surface area contributed by atoms with Crippen LogP contribution in [0.15, 0.2) is 36.5 Å². The minimum atomic E-state index is -0.636. The Labute approximate surface area is 151 Å². The zero-order chi connectivity index (χ0) is 18.4. The molecular weight excluding hydrogens is 342 g/mol. The first kappa shape index (κ1) is 19.0. The van der Waals surface area contributed by atoms with Crippen LogP contribution in [0.3, 0.4) is 0 Å². The lowest BCUT2D eigenvalue weighted by Gasteiger charge is -2.15. The van der Waals surface area contributed by atoms with Crippen LogP contribution in [0.2, 0.25) is 5.02 Å². The van der Waals surface area contributed by atoms with Gasteiger partial charge >= 0.3 is 0 Å². The van der Waals surface area contributed by atoms with Crippen LogP contribution in [0, 0.1) is 5.92 Å². The van der Waals surface area contributed by atoms with Gasteiger partial charge in [-0.25, -0.2) is 4.68 Å². The highest BCUT2D eigenvalue weighted by molar-refractivity contribution is 6.30. The number of carbonyl (C=O) groups excluding carboxylic acids is 2. The molecular formula is C17H22ClN5O2. The normalized spacial score (nSPS) is 12.0. The first-order valence-electron chi connectivity index (χ1n) is 7.96. The average molecular weight is 364 g/mol. The van der Waals surface area contributed by atoms with Crippen molar-refractivity contribution in [2.75, 3.05) is 11.9 Å². The van der Waals surface area contributed by atoms with E-state index in [1.807, 2.05) is 26.0 Å². The summed E-state index contributed by atoms with van der Waals surface area (Å²) in [7, 11) is 0. The van der Waals surface area contributed by atoms with Gasteiger partial charge in [0, 0.05) is 11.1 Å². The third-order valence-electron chi connectivity index (χ3n) is 3.67. The lowest BCUT2D eigenvalue weighted by Crippen LogP contribution is -2.46. The fourth-order valence-electron chi connectivity index (χ4n) is 2.10. The van der Waals surface area contributed by atoms with Crippen molar-refractivity contribution < 1.29 is 9.59 Å². The summed E-state index contributed by atoms with van der Waals surface area (Å²) in [6.45, 7) is 4.04. The molecule has 8 heteroatoms. The number of anilines is 1. The SMILES string of the molecule is CC(C)[C@H](N)C(=O)NCC(=O)Nc1ccnn1Cc1ccc(Cl)cc1. The Bertz CT molecular complexity index is 727. The molecule has 2 amide bonds. The Hall–Kier alpha value is -2.38. The van der Waals surface area contributed by atoms with E-state index in [1.54, 1.807) is 29.1 Å². The molecule has 0 bridgehead atoms. The predicted octanol–water partition coefficient (Wildman–Crippen LogP) is 1.62. The van der Waals surface area contributed by atoms with Crippen molar-refractivity contribution >= 4 is 29.2 Å². The minimum absolute atomic E-state index is 0.00358. The largest absolute Gasteiger partial charge is 0.346 e. The molecule has 0 aliphatic heterocycles. The summed E-state index contributed by atoms with van der Waals surface area (Å²) in [6, 6.07) is 8.43. The van der Waals surface area contributed by atoms with Gasteiger partial charge in [0.1, 0.15) is 5.82 Å². The number of hydrogen-bond donors (Lipinski definition) is 3. The summed E-state index contributed by atoms with van der Waals surface area (Å²) in [4.78, 5) is 23.8. The summed E-state index contributed by atoms with van der Waals surface area (Å²) >= 11 is 5.87. The van der Waals surface area contributed by atoms with Crippen molar-refractivity contribution in [3.63, 3.8) is 0 Å². The highest BCUT2D eigenvalue weighted by atomic mass is 35.5. The van der Waals surface area contributed by atoms with Crippen LogP contribution in [-0.4, -0.2) is 34.2 Å². The summed E-state index contributed by atoms with van der Waals surface area (Å²) in [6.07, 6.45) is 1.60. The molecule has 0 radical (unpaired) electrons. The number of amides is 2. The van der Waals surface area contributed by atoms with Crippen LogP contribution in [0.4, 0.5) is 5.82 Å². The topological polar surface area (TPSA) is 102 Å². The zero-order valence-electron chi connectivity index (χ0n) is 14.2. The van der Waals surface area contributed by atoms with E-state index in [1.165, 1.54) is 0 Å². The maximum absolute atomic E-state index is 12.0. The summed E-state index contributed by atoms with van der Waals surface area (Å²) in [5, 5.41) is 10.1. The van der Waals surface area contributed by atoms with Crippen LogP contribution in [0.25, 0.3) is 0 Å². The molecule has 7 nitrogen and oxygen atoms in total. The minimum Gasteiger partial charge on any atom is -0.346 e. The van der Waals surface area contributed by atoms with Gasteiger partial charge in [0.05, 0.1) is 25.3 Å². The molecule has 0 aliphatic carbocycles. The molecule has 0 fully saturated rings. The average Bonchev–Trinajstić information content (AvgIpc) is 3.00. The molecule has 2 rings (SSSR count). The standard InChI is InChI=1S/C17H22ClN5O2/c1-11(2)16(19)17(25)20-9-15(24)22-14-7-8-21-23(14)10-12-3-5-13(18)6-4-12/h3-8,11,16H,9-10,19H2,1-2H3,(H,20,25)(H,22,24)/t16-/m0/s1. The Morgan fingerprint density at radius 2 is 1.92 bits per heavy atom. The molecule has 2 aromatic rings. The number of benzene rings is 1. The third-order valence-corrected chi connectivity index (χ3v) is 3.93. The fraction of sp³-hybridized carbons (Fsp3) is 0.353. The smallest absolute Gasteiger partial charge is 0.244 e.